The van der Waals surface area contributed by atoms with E-state index >= 15 is 0 Å². The highest BCUT2D eigenvalue weighted by Crippen LogP contribution is 2.34. The summed E-state index contributed by atoms with van der Waals surface area (Å²) in [5.74, 6) is 0.789. The molecule has 0 aliphatic heterocycles. The Balaban J connectivity index is 1.73. The Morgan fingerprint density at radius 1 is 1.17 bits per heavy atom. The first-order chi connectivity index (χ1) is 14.5. The standard InChI is InChI=1S/C23H20ClIN2O3/c1-15-8-9-17(24)12-20(15)26-13-16-10-19(25)23(21(11-16)29-2)30-14-22(28)27-18-6-4-3-5-7-18/h3-13H,14H2,1-2H3,(H,27,28). The molecule has 0 bridgehead atoms. The summed E-state index contributed by atoms with van der Waals surface area (Å²) >= 11 is 8.21. The van der Waals surface area contributed by atoms with Gasteiger partial charge in [-0.1, -0.05) is 35.9 Å². The highest BCUT2D eigenvalue weighted by atomic mass is 127. The van der Waals surface area contributed by atoms with Crippen molar-refractivity contribution in [1.82, 2.24) is 0 Å². The minimum Gasteiger partial charge on any atom is -0.493 e. The van der Waals surface area contributed by atoms with Gasteiger partial charge in [0, 0.05) is 16.9 Å². The van der Waals surface area contributed by atoms with E-state index in [1.54, 1.807) is 13.3 Å². The molecule has 0 radical (unpaired) electrons. The molecular formula is C23H20ClIN2O3. The summed E-state index contributed by atoms with van der Waals surface area (Å²) in [5, 5.41) is 3.43. The molecule has 0 spiro atoms. The molecule has 1 amide bonds. The van der Waals surface area contributed by atoms with Crippen molar-refractivity contribution in [3.05, 3.63) is 80.4 Å². The molecule has 154 valence electrons. The van der Waals surface area contributed by atoms with Crippen LogP contribution in [0.15, 0.2) is 65.7 Å². The molecular weight excluding hydrogens is 515 g/mol. The zero-order valence-corrected chi connectivity index (χ0v) is 19.4. The van der Waals surface area contributed by atoms with Gasteiger partial charge in [0.25, 0.3) is 5.91 Å². The largest absolute Gasteiger partial charge is 0.493 e. The number of anilines is 1. The maximum absolute atomic E-state index is 12.2. The summed E-state index contributed by atoms with van der Waals surface area (Å²) in [7, 11) is 1.56. The van der Waals surface area contributed by atoms with Crippen LogP contribution < -0.4 is 14.8 Å². The molecule has 1 N–H and O–H groups in total. The van der Waals surface area contributed by atoms with E-state index in [1.807, 2.05) is 67.6 Å². The number of halogens is 2. The average molecular weight is 535 g/mol. The third-order valence-corrected chi connectivity index (χ3v) is 5.22. The van der Waals surface area contributed by atoms with Crippen LogP contribution >= 0.6 is 34.2 Å². The molecule has 0 aliphatic carbocycles. The van der Waals surface area contributed by atoms with E-state index in [9.17, 15) is 4.79 Å². The van der Waals surface area contributed by atoms with Gasteiger partial charge in [0.05, 0.1) is 16.4 Å². The Morgan fingerprint density at radius 2 is 1.93 bits per heavy atom. The number of carbonyl (C=O) groups is 1. The maximum atomic E-state index is 12.2. The number of para-hydroxylation sites is 1. The Kier molecular flexibility index (Phi) is 7.70. The Labute approximate surface area is 194 Å². The van der Waals surface area contributed by atoms with E-state index in [-0.39, 0.29) is 12.5 Å². The van der Waals surface area contributed by atoms with Crippen molar-refractivity contribution in [3.8, 4) is 11.5 Å². The van der Waals surface area contributed by atoms with Crippen LogP contribution in [0.1, 0.15) is 11.1 Å². The van der Waals surface area contributed by atoms with Crippen LogP contribution in [0.2, 0.25) is 5.02 Å². The minimum atomic E-state index is -0.249. The quantitative estimate of drug-likeness (QED) is 0.297. The number of nitrogens with one attached hydrogen (secondary N) is 1. The molecule has 5 nitrogen and oxygen atoms in total. The Bertz CT molecular complexity index is 1070. The third kappa shape index (κ3) is 5.96. The van der Waals surface area contributed by atoms with Gasteiger partial charge in [-0.3, -0.25) is 9.79 Å². The van der Waals surface area contributed by atoms with Crippen LogP contribution in [0.3, 0.4) is 0 Å². The number of ether oxygens (including phenoxy) is 2. The number of aliphatic imine (C=N–C) groups is 1. The third-order valence-electron chi connectivity index (χ3n) is 4.18. The average Bonchev–Trinajstić information content (AvgIpc) is 2.74. The van der Waals surface area contributed by atoms with E-state index in [1.165, 1.54) is 0 Å². The lowest BCUT2D eigenvalue weighted by atomic mass is 10.2. The number of nitrogens with zero attached hydrogens (tertiary/aromatic N) is 1. The lowest BCUT2D eigenvalue weighted by Crippen LogP contribution is -2.20. The van der Waals surface area contributed by atoms with Crippen molar-refractivity contribution in [2.45, 2.75) is 6.92 Å². The van der Waals surface area contributed by atoms with Crippen molar-refractivity contribution in [2.24, 2.45) is 4.99 Å². The van der Waals surface area contributed by atoms with Crippen molar-refractivity contribution >= 4 is 57.7 Å². The summed E-state index contributed by atoms with van der Waals surface area (Å²) < 4.78 is 12.0. The number of hydrogen-bond acceptors (Lipinski definition) is 4. The van der Waals surface area contributed by atoms with Crippen LogP contribution in [-0.4, -0.2) is 25.8 Å². The molecule has 0 unspecified atom stereocenters. The second-order valence-electron chi connectivity index (χ2n) is 6.43. The second-order valence-corrected chi connectivity index (χ2v) is 8.02. The summed E-state index contributed by atoms with van der Waals surface area (Å²) in [5.41, 5.74) is 3.39. The maximum Gasteiger partial charge on any atom is 0.262 e. The van der Waals surface area contributed by atoms with Crippen LogP contribution in [-0.2, 0) is 4.79 Å². The van der Waals surface area contributed by atoms with Gasteiger partial charge < -0.3 is 14.8 Å². The van der Waals surface area contributed by atoms with Gasteiger partial charge in [-0.15, -0.1) is 0 Å². The van der Waals surface area contributed by atoms with Gasteiger partial charge in [0.2, 0.25) is 0 Å². The van der Waals surface area contributed by atoms with Gasteiger partial charge >= 0.3 is 0 Å². The van der Waals surface area contributed by atoms with E-state index < -0.39 is 0 Å². The van der Waals surface area contributed by atoms with Gasteiger partial charge in [0.15, 0.2) is 18.1 Å². The lowest BCUT2D eigenvalue weighted by molar-refractivity contribution is -0.118. The van der Waals surface area contributed by atoms with Crippen LogP contribution in [0.5, 0.6) is 11.5 Å². The molecule has 3 rings (SSSR count). The van der Waals surface area contributed by atoms with Crippen LogP contribution in [0, 0.1) is 10.5 Å². The van der Waals surface area contributed by atoms with E-state index in [2.05, 4.69) is 32.9 Å². The SMILES string of the molecule is COc1cc(C=Nc2cc(Cl)ccc2C)cc(I)c1OCC(=O)Nc1ccccc1. The molecule has 0 aromatic heterocycles. The predicted molar refractivity (Wildman–Crippen MR) is 130 cm³/mol. The number of aryl methyl sites for hydroxylation is 1. The molecule has 0 saturated heterocycles. The number of amides is 1. The minimum absolute atomic E-state index is 0.129. The topological polar surface area (TPSA) is 59.9 Å². The summed E-state index contributed by atoms with van der Waals surface area (Å²) in [6, 6.07) is 18.5. The monoisotopic (exact) mass is 534 g/mol. The summed E-state index contributed by atoms with van der Waals surface area (Å²) in [4.78, 5) is 16.7. The first kappa shape index (κ1) is 22.1. The number of carbonyl (C=O) groups excluding carboxylic acids is 1. The fourth-order valence-electron chi connectivity index (χ4n) is 2.68. The van der Waals surface area contributed by atoms with E-state index in [0.717, 1.165) is 26.1 Å². The predicted octanol–water partition coefficient (Wildman–Crippen LogP) is 6.03. The molecule has 3 aromatic rings. The van der Waals surface area contributed by atoms with Crippen LogP contribution in [0.25, 0.3) is 0 Å². The van der Waals surface area contributed by atoms with E-state index in [4.69, 9.17) is 21.1 Å². The Morgan fingerprint density at radius 3 is 2.67 bits per heavy atom. The van der Waals surface area contributed by atoms with Gasteiger partial charge in [-0.2, -0.15) is 0 Å². The zero-order chi connectivity index (χ0) is 21.5. The number of hydrogen-bond donors (Lipinski definition) is 1. The van der Waals surface area contributed by atoms with Crippen molar-refractivity contribution in [3.63, 3.8) is 0 Å². The molecule has 0 aliphatic rings. The number of methoxy groups -OCH3 is 1. The molecule has 0 fully saturated rings. The Hall–Kier alpha value is -2.58. The highest BCUT2D eigenvalue weighted by Gasteiger charge is 2.13. The number of benzene rings is 3. The molecule has 30 heavy (non-hydrogen) atoms. The summed E-state index contributed by atoms with van der Waals surface area (Å²) in [6.45, 7) is 1.85. The number of rotatable bonds is 7. The van der Waals surface area contributed by atoms with Gasteiger partial charge in [0.1, 0.15) is 0 Å². The fraction of sp³-hybridized carbons (Fsp3) is 0.130. The molecule has 0 atom stereocenters. The lowest BCUT2D eigenvalue weighted by Gasteiger charge is -2.13. The summed E-state index contributed by atoms with van der Waals surface area (Å²) in [6.07, 6.45) is 1.75. The first-order valence-electron chi connectivity index (χ1n) is 9.11. The normalized spacial score (nSPS) is 10.8. The smallest absolute Gasteiger partial charge is 0.262 e. The molecule has 7 heteroatoms. The van der Waals surface area contributed by atoms with E-state index in [0.29, 0.717) is 16.5 Å². The molecule has 3 aromatic carbocycles. The van der Waals surface area contributed by atoms with Gasteiger partial charge in [-0.25, -0.2) is 0 Å². The van der Waals surface area contributed by atoms with Crippen molar-refractivity contribution in [1.29, 1.82) is 0 Å². The van der Waals surface area contributed by atoms with Gasteiger partial charge in [-0.05, 0) is 77.0 Å². The molecule has 0 saturated carbocycles. The first-order valence-corrected chi connectivity index (χ1v) is 10.6. The fourth-order valence-corrected chi connectivity index (χ4v) is 3.62. The second kappa shape index (κ2) is 10.4. The van der Waals surface area contributed by atoms with Crippen molar-refractivity contribution in [2.75, 3.05) is 19.0 Å². The zero-order valence-electron chi connectivity index (χ0n) is 16.5. The van der Waals surface area contributed by atoms with Crippen molar-refractivity contribution < 1.29 is 14.3 Å². The van der Waals surface area contributed by atoms with Crippen LogP contribution in [0.4, 0.5) is 11.4 Å². The molecule has 0 heterocycles. The highest BCUT2D eigenvalue weighted by molar-refractivity contribution is 14.1.